The molecule has 0 saturated carbocycles. The van der Waals surface area contributed by atoms with Crippen LogP contribution in [0, 0.1) is 22.7 Å². The predicted molar refractivity (Wildman–Crippen MR) is 77.9 cm³/mol. The van der Waals surface area contributed by atoms with Crippen LogP contribution in [0.5, 0.6) is 0 Å². The van der Waals surface area contributed by atoms with Gasteiger partial charge in [0.05, 0.1) is 0 Å². The summed E-state index contributed by atoms with van der Waals surface area (Å²) in [6.07, 6.45) is 6.55. The maximum absolute atomic E-state index is 8.74. The van der Waals surface area contributed by atoms with Gasteiger partial charge in [0.25, 0.3) is 0 Å². The van der Waals surface area contributed by atoms with Gasteiger partial charge in [0.2, 0.25) is 0 Å². The van der Waals surface area contributed by atoms with Crippen LogP contribution in [0.25, 0.3) is 22.5 Å². The van der Waals surface area contributed by atoms with E-state index >= 15 is 0 Å². The third kappa shape index (κ3) is 2.62. The first-order chi connectivity index (χ1) is 10.8. The summed E-state index contributed by atoms with van der Waals surface area (Å²) in [5.74, 6) is 0.530. The fourth-order valence-corrected chi connectivity index (χ4v) is 1.85. The first kappa shape index (κ1) is 13.3. The first-order valence-corrected chi connectivity index (χ1v) is 6.35. The van der Waals surface area contributed by atoms with Gasteiger partial charge >= 0.3 is 0 Å². The first-order valence-electron chi connectivity index (χ1n) is 6.35. The van der Waals surface area contributed by atoms with Crippen LogP contribution in [-0.4, -0.2) is 19.9 Å². The molecule has 0 aliphatic heterocycles. The summed E-state index contributed by atoms with van der Waals surface area (Å²) in [5, 5.41) is 17.5. The molecule has 0 saturated heterocycles. The van der Waals surface area contributed by atoms with Crippen molar-refractivity contribution in [2.24, 2.45) is 0 Å². The topological polar surface area (TPSA) is 99.1 Å². The van der Waals surface area contributed by atoms with Crippen molar-refractivity contribution in [2.75, 3.05) is 0 Å². The summed E-state index contributed by atoms with van der Waals surface area (Å²) >= 11 is 0. The molecular weight excluding hydrogens is 276 g/mol. The van der Waals surface area contributed by atoms with E-state index in [0.29, 0.717) is 17.2 Å². The van der Waals surface area contributed by atoms with E-state index in [1.54, 1.807) is 49.1 Å². The Labute approximate surface area is 126 Å². The van der Waals surface area contributed by atoms with E-state index < -0.39 is 0 Å². The molecule has 0 radical (unpaired) electrons. The van der Waals surface area contributed by atoms with Gasteiger partial charge in [0.15, 0.2) is 5.82 Å². The lowest BCUT2D eigenvalue weighted by molar-refractivity contribution is 1.16. The van der Waals surface area contributed by atoms with Gasteiger partial charge in [-0.1, -0.05) is 0 Å². The van der Waals surface area contributed by atoms with Crippen LogP contribution in [0.3, 0.4) is 0 Å². The molecule has 0 spiro atoms. The Morgan fingerprint density at radius 3 is 1.55 bits per heavy atom. The molecule has 0 aliphatic rings. The molecule has 0 unspecified atom stereocenters. The zero-order chi connectivity index (χ0) is 15.4. The van der Waals surface area contributed by atoms with E-state index in [4.69, 9.17) is 10.5 Å². The van der Waals surface area contributed by atoms with E-state index in [2.05, 4.69) is 19.9 Å². The highest BCUT2D eigenvalue weighted by atomic mass is 14.9. The Hall–Kier alpha value is -3.64. The molecular formula is C16H8N6. The molecule has 3 aromatic heterocycles. The molecule has 0 amide bonds. The second-order valence-corrected chi connectivity index (χ2v) is 4.38. The zero-order valence-electron chi connectivity index (χ0n) is 11.3. The molecule has 3 rings (SSSR count). The maximum Gasteiger partial charge on any atom is 0.160 e. The minimum Gasteiger partial charge on any atom is -0.245 e. The lowest BCUT2D eigenvalue weighted by Crippen LogP contribution is -1.92. The van der Waals surface area contributed by atoms with Crippen LogP contribution in [0.4, 0.5) is 0 Å². The molecule has 0 fully saturated rings. The second kappa shape index (κ2) is 5.78. The lowest BCUT2D eigenvalue weighted by Gasteiger charge is -2.03. The van der Waals surface area contributed by atoms with Crippen molar-refractivity contribution in [3.63, 3.8) is 0 Å². The molecule has 102 valence electrons. The molecule has 0 atom stereocenters. The van der Waals surface area contributed by atoms with E-state index in [0.717, 1.165) is 16.7 Å². The van der Waals surface area contributed by atoms with E-state index in [1.807, 2.05) is 12.1 Å². The minimum absolute atomic E-state index is 0.351. The average molecular weight is 284 g/mol. The zero-order valence-corrected chi connectivity index (χ0v) is 11.3. The van der Waals surface area contributed by atoms with E-state index in [-0.39, 0.29) is 0 Å². The van der Waals surface area contributed by atoms with Gasteiger partial charge < -0.3 is 0 Å². The standard InChI is InChI=1S/C16H8N6/c17-5-14-3-1-11(7-19-14)13-9-21-16(22-10-13)12-2-4-15(6-18)20-8-12/h1-4,7-10H. The van der Waals surface area contributed by atoms with Gasteiger partial charge in [-0.3, -0.25) is 0 Å². The monoisotopic (exact) mass is 284 g/mol. The van der Waals surface area contributed by atoms with Crippen LogP contribution in [-0.2, 0) is 0 Å². The summed E-state index contributed by atoms with van der Waals surface area (Å²) in [6.45, 7) is 0. The van der Waals surface area contributed by atoms with Gasteiger partial charge in [-0.05, 0) is 24.3 Å². The lowest BCUT2D eigenvalue weighted by atomic mass is 10.1. The number of nitriles is 2. The van der Waals surface area contributed by atoms with E-state index in [9.17, 15) is 0 Å². The van der Waals surface area contributed by atoms with Crippen LogP contribution in [0.1, 0.15) is 11.4 Å². The normalized spacial score (nSPS) is 9.73. The van der Waals surface area contributed by atoms with Gasteiger partial charge in [0.1, 0.15) is 23.5 Å². The van der Waals surface area contributed by atoms with Gasteiger partial charge in [-0.15, -0.1) is 0 Å². The predicted octanol–water partition coefficient (Wildman–Crippen LogP) is 2.34. The van der Waals surface area contributed by atoms with Crippen LogP contribution >= 0.6 is 0 Å². The largest absolute Gasteiger partial charge is 0.245 e. The van der Waals surface area contributed by atoms with Crippen LogP contribution in [0.2, 0.25) is 0 Å². The Kier molecular flexibility index (Phi) is 3.51. The Balaban J connectivity index is 1.88. The summed E-state index contributed by atoms with van der Waals surface area (Å²) in [4.78, 5) is 16.6. The molecule has 6 nitrogen and oxygen atoms in total. The number of rotatable bonds is 2. The number of aromatic nitrogens is 4. The molecule has 22 heavy (non-hydrogen) atoms. The Morgan fingerprint density at radius 1 is 0.591 bits per heavy atom. The molecule has 3 heterocycles. The molecule has 0 aliphatic carbocycles. The summed E-state index contributed by atoms with van der Waals surface area (Å²) in [6, 6.07) is 10.8. The maximum atomic E-state index is 8.74. The molecule has 3 aromatic rings. The SMILES string of the molecule is N#Cc1ccc(-c2cnc(-c3ccc(C#N)nc3)nc2)cn1. The number of nitrogens with zero attached hydrogens (tertiary/aromatic N) is 6. The van der Waals surface area contributed by atoms with Crippen LogP contribution in [0.15, 0.2) is 49.1 Å². The number of hydrogen-bond acceptors (Lipinski definition) is 6. The highest BCUT2D eigenvalue weighted by molar-refractivity contribution is 5.63. The molecule has 0 bridgehead atoms. The fourth-order valence-electron chi connectivity index (χ4n) is 1.85. The van der Waals surface area contributed by atoms with Crippen molar-refractivity contribution < 1.29 is 0 Å². The molecule has 0 N–H and O–H groups in total. The summed E-state index contributed by atoms with van der Waals surface area (Å²) in [5.41, 5.74) is 3.10. The van der Waals surface area contributed by atoms with Crippen molar-refractivity contribution >= 4 is 0 Å². The Bertz CT molecular complexity index is 792. The minimum atomic E-state index is 0.351. The van der Waals surface area contributed by atoms with Crippen molar-refractivity contribution in [2.45, 2.75) is 0 Å². The third-order valence-corrected chi connectivity index (χ3v) is 3.00. The summed E-state index contributed by atoms with van der Waals surface area (Å²) in [7, 11) is 0. The Morgan fingerprint density at radius 2 is 1.09 bits per heavy atom. The quantitative estimate of drug-likeness (QED) is 0.716. The third-order valence-electron chi connectivity index (χ3n) is 3.00. The van der Waals surface area contributed by atoms with Crippen molar-refractivity contribution in [3.05, 3.63) is 60.4 Å². The number of pyridine rings is 2. The van der Waals surface area contributed by atoms with Gasteiger partial charge in [-0.25, -0.2) is 19.9 Å². The highest BCUT2D eigenvalue weighted by Gasteiger charge is 2.04. The smallest absolute Gasteiger partial charge is 0.160 e. The molecule has 6 heteroatoms. The van der Waals surface area contributed by atoms with Gasteiger partial charge in [-0.2, -0.15) is 10.5 Å². The van der Waals surface area contributed by atoms with E-state index in [1.165, 1.54) is 0 Å². The second-order valence-electron chi connectivity index (χ2n) is 4.38. The highest BCUT2D eigenvalue weighted by Crippen LogP contribution is 2.19. The fraction of sp³-hybridized carbons (Fsp3) is 0. The number of hydrogen-bond donors (Lipinski definition) is 0. The molecule has 0 aromatic carbocycles. The van der Waals surface area contributed by atoms with Crippen molar-refractivity contribution in [1.29, 1.82) is 10.5 Å². The van der Waals surface area contributed by atoms with Crippen molar-refractivity contribution in [1.82, 2.24) is 19.9 Å². The van der Waals surface area contributed by atoms with Gasteiger partial charge in [0, 0.05) is 41.5 Å². The summed E-state index contributed by atoms with van der Waals surface area (Å²) < 4.78 is 0. The van der Waals surface area contributed by atoms with Crippen molar-refractivity contribution in [3.8, 4) is 34.7 Å². The average Bonchev–Trinajstić information content (AvgIpc) is 2.62. The van der Waals surface area contributed by atoms with Crippen LogP contribution < -0.4 is 0 Å².